The lowest BCUT2D eigenvalue weighted by Crippen LogP contribution is -1.89. The molecule has 0 saturated heterocycles. The predicted octanol–water partition coefficient (Wildman–Crippen LogP) is 2.59. The molecule has 0 spiro atoms. The molecule has 0 aromatic carbocycles. The summed E-state index contributed by atoms with van der Waals surface area (Å²) >= 11 is 11.9. The van der Waals surface area contributed by atoms with Crippen molar-refractivity contribution in [3.05, 3.63) is 10.1 Å². The number of halogens is 2. The van der Waals surface area contributed by atoms with Crippen molar-refractivity contribution in [1.29, 1.82) is 0 Å². The van der Waals surface area contributed by atoms with Crippen molar-refractivity contribution in [2.24, 2.45) is 0 Å². The molecule has 0 fully saturated rings. The topological polar surface area (TPSA) is 17.1 Å². The zero-order valence-corrected chi connectivity index (χ0v) is 7.40. The zero-order chi connectivity index (χ0) is 7.44. The Morgan fingerprint density at radius 3 is 2.00 bits per heavy atom. The largest absolute Gasteiger partial charge is 0.281 e. The Hall–Kier alpha value is 0.340. The number of carbonyl (C=O) groups excluding carboxylic acids is 1. The third-order valence-corrected chi connectivity index (χ3v) is 2.09. The van der Waals surface area contributed by atoms with Gasteiger partial charge in [-0.15, -0.1) is 0 Å². The predicted molar refractivity (Wildman–Crippen MR) is 42.9 cm³/mol. The van der Waals surface area contributed by atoms with Crippen LogP contribution in [0.15, 0.2) is 10.1 Å². The summed E-state index contributed by atoms with van der Waals surface area (Å²) in [7, 11) is 0. The molecule has 0 saturated carbocycles. The van der Waals surface area contributed by atoms with Crippen LogP contribution in [0.3, 0.4) is 0 Å². The lowest BCUT2D eigenvalue weighted by Gasteiger charge is -1.92. The Bertz CT molecular complexity index is 149. The fourth-order valence-electron chi connectivity index (χ4n) is 0.230. The molecular formula is C5H6Cl2OS. The number of carbonyl (C=O) groups is 1. The summed E-state index contributed by atoms with van der Waals surface area (Å²) in [5.74, 6) is 0. The van der Waals surface area contributed by atoms with Gasteiger partial charge in [0.1, 0.15) is 5.03 Å². The van der Waals surface area contributed by atoms with Crippen LogP contribution < -0.4 is 0 Å². The average molecular weight is 185 g/mol. The standard InChI is InChI=1S/C5H6Cl2OS/c1-3(6)4(7)5(8)9-2/h1-2H3/b4-3-. The Balaban J connectivity index is 4.21. The third-order valence-electron chi connectivity index (χ3n) is 0.667. The highest BCUT2D eigenvalue weighted by atomic mass is 35.5. The maximum atomic E-state index is 10.6. The zero-order valence-electron chi connectivity index (χ0n) is 5.07. The minimum absolute atomic E-state index is 0.115. The van der Waals surface area contributed by atoms with E-state index in [1.165, 1.54) is 0 Å². The first-order chi connectivity index (χ1) is 4.09. The summed E-state index contributed by atoms with van der Waals surface area (Å²) < 4.78 is 0. The van der Waals surface area contributed by atoms with Gasteiger partial charge >= 0.3 is 0 Å². The second-order valence-electron chi connectivity index (χ2n) is 1.34. The summed E-state index contributed by atoms with van der Waals surface area (Å²) in [6.45, 7) is 1.58. The van der Waals surface area contributed by atoms with Crippen molar-refractivity contribution in [2.45, 2.75) is 6.92 Å². The van der Waals surface area contributed by atoms with Crippen LogP contribution in [0.4, 0.5) is 0 Å². The van der Waals surface area contributed by atoms with Gasteiger partial charge in [0.15, 0.2) is 0 Å². The minimum atomic E-state index is -0.191. The van der Waals surface area contributed by atoms with E-state index >= 15 is 0 Å². The van der Waals surface area contributed by atoms with Crippen LogP contribution in [-0.2, 0) is 4.79 Å². The SMILES string of the molecule is CSC(=O)/C(Cl)=C(\C)Cl. The fourth-order valence-corrected chi connectivity index (χ4v) is 0.936. The van der Waals surface area contributed by atoms with Crippen LogP contribution in [0.5, 0.6) is 0 Å². The molecule has 0 aromatic rings. The molecule has 0 aliphatic rings. The van der Waals surface area contributed by atoms with Crippen molar-refractivity contribution in [3.63, 3.8) is 0 Å². The first-order valence-corrected chi connectivity index (χ1v) is 4.18. The van der Waals surface area contributed by atoms with Gasteiger partial charge in [-0.25, -0.2) is 0 Å². The van der Waals surface area contributed by atoms with Crippen LogP contribution in [0.2, 0.25) is 0 Å². The molecule has 0 N–H and O–H groups in total. The van der Waals surface area contributed by atoms with Crippen LogP contribution >= 0.6 is 35.0 Å². The molecule has 0 heterocycles. The molecule has 0 bridgehead atoms. The summed E-state index contributed by atoms with van der Waals surface area (Å²) in [4.78, 5) is 10.6. The van der Waals surface area contributed by atoms with Crippen LogP contribution in [0, 0.1) is 0 Å². The lowest BCUT2D eigenvalue weighted by molar-refractivity contribution is -0.107. The van der Waals surface area contributed by atoms with E-state index in [-0.39, 0.29) is 10.1 Å². The van der Waals surface area contributed by atoms with Gasteiger partial charge in [0.2, 0.25) is 5.12 Å². The van der Waals surface area contributed by atoms with Gasteiger partial charge in [0, 0.05) is 5.03 Å². The molecule has 0 aliphatic carbocycles. The Kier molecular flexibility index (Phi) is 4.36. The average Bonchev–Trinajstić information content (AvgIpc) is 1.84. The molecule has 52 valence electrons. The Labute approximate surface area is 68.4 Å². The molecular weight excluding hydrogens is 179 g/mol. The van der Waals surface area contributed by atoms with E-state index in [9.17, 15) is 4.79 Å². The molecule has 0 amide bonds. The van der Waals surface area contributed by atoms with Crippen molar-refractivity contribution in [1.82, 2.24) is 0 Å². The summed E-state index contributed by atoms with van der Waals surface area (Å²) in [6.07, 6.45) is 1.66. The number of allylic oxidation sites excluding steroid dienone is 1. The van der Waals surface area contributed by atoms with E-state index in [2.05, 4.69) is 0 Å². The van der Waals surface area contributed by atoms with Crippen LogP contribution in [-0.4, -0.2) is 11.4 Å². The van der Waals surface area contributed by atoms with E-state index < -0.39 is 0 Å². The first-order valence-electron chi connectivity index (χ1n) is 2.19. The second-order valence-corrected chi connectivity index (χ2v) is 3.06. The van der Waals surface area contributed by atoms with Gasteiger partial charge in [-0.1, -0.05) is 35.0 Å². The molecule has 0 unspecified atom stereocenters. The Morgan fingerprint density at radius 2 is 1.89 bits per heavy atom. The monoisotopic (exact) mass is 184 g/mol. The van der Waals surface area contributed by atoms with Gasteiger partial charge in [-0.3, -0.25) is 4.79 Å². The van der Waals surface area contributed by atoms with E-state index in [0.717, 1.165) is 11.8 Å². The Morgan fingerprint density at radius 1 is 1.44 bits per heavy atom. The number of hydrogen-bond donors (Lipinski definition) is 0. The molecule has 0 aliphatic heterocycles. The maximum absolute atomic E-state index is 10.6. The maximum Gasteiger partial charge on any atom is 0.231 e. The summed E-state index contributed by atoms with van der Waals surface area (Å²) in [5.41, 5.74) is 0. The molecule has 4 heteroatoms. The van der Waals surface area contributed by atoms with E-state index in [1.54, 1.807) is 13.2 Å². The van der Waals surface area contributed by atoms with E-state index in [4.69, 9.17) is 23.2 Å². The normalized spacial score (nSPS) is 12.9. The van der Waals surface area contributed by atoms with Crippen LogP contribution in [0.1, 0.15) is 6.92 Å². The number of rotatable bonds is 1. The molecule has 9 heavy (non-hydrogen) atoms. The molecule has 0 radical (unpaired) electrons. The summed E-state index contributed by atoms with van der Waals surface area (Å²) in [5, 5.41) is 0.268. The van der Waals surface area contributed by atoms with Gasteiger partial charge in [-0.05, 0) is 13.2 Å². The molecule has 0 aromatic heterocycles. The highest BCUT2D eigenvalue weighted by Gasteiger charge is 2.05. The molecule has 0 atom stereocenters. The molecule has 0 rings (SSSR count). The minimum Gasteiger partial charge on any atom is -0.281 e. The number of thioether (sulfide) groups is 1. The van der Waals surface area contributed by atoms with Crippen molar-refractivity contribution >= 4 is 40.1 Å². The van der Waals surface area contributed by atoms with Crippen LogP contribution in [0.25, 0.3) is 0 Å². The fraction of sp³-hybridized carbons (Fsp3) is 0.400. The molecule has 1 nitrogen and oxygen atoms in total. The second kappa shape index (κ2) is 4.20. The van der Waals surface area contributed by atoms with Gasteiger partial charge in [-0.2, -0.15) is 0 Å². The van der Waals surface area contributed by atoms with E-state index in [0.29, 0.717) is 5.03 Å². The summed E-state index contributed by atoms with van der Waals surface area (Å²) in [6, 6.07) is 0. The first kappa shape index (κ1) is 9.34. The van der Waals surface area contributed by atoms with Crippen molar-refractivity contribution in [3.8, 4) is 0 Å². The van der Waals surface area contributed by atoms with Crippen molar-refractivity contribution in [2.75, 3.05) is 6.26 Å². The quantitative estimate of drug-likeness (QED) is 0.584. The van der Waals surface area contributed by atoms with Gasteiger partial charge in [0.05, 0.1) is 0 Å². The van der Waals surface area contributed by atoms with Crippen molar-refractivity contribution < 1.29 is 4.79 Å². The van der Waals surface area contributed by atoms with Gasteiger partial charge in [0.25, 0.3) is 0 Å². The highest BCUT2D eigenvalue weighted by Crippen LogP contribution is 2.18. The third kappa shape index (κ3) is 3.14. The lowest BCUT2D eigenvalue weighted by atomic mass is 10.5. The van der Waals surface area contributed by atoms with Gasteiger partial charge < -0.3 is 0 Å². The van der Waals surface area contributed by atoms with E-state index in [1.807, 2.05) is 0 Å². The number of hydrogen-bond acceptors (Lipinski definition) is 2. The highest BCUT2D eigenvalue weighted by molar-refractivity contribution is 8.13. The smallest absolute Gasteiger partial charge is 0.231 e.